The Bertz CT molecular complexity index is 751. The number of rotatable bonds is 11. The van der Waals surface area contributed by atoms with E-state index in [4.69, 9.17) is 4.74 Å². The first-order chi connectivity index (χ1) is 14.0. The lowest BCUT2D eigenvalue weighted by Crippen LogP contribution is -2.52. The Morgan fingerprint density at radius 1 is 1.20 bits per heavy atom. The second-order valence-electron chi connectivity index (χ2n) is 7.03. The van der Waals surface area contributed by atoms with Crippen LogP contribution in [0.15, 0.2) is 24.3 Å². The van der Waals surface area contributed by atoms with Crippen molar-refractivity contribution in [2.75, 3.05) is 19.7 Å². The highest BCUT2D eigenvalue weighted by atomic mass is 16.6. The third kappa shape index (κ3) is 8.03. The highest BCUT2D eigenvalue weighted by Gasteiger charge is 2.28. The second-order valence-corrected chi connectivity index (χ2v) is 7.03. The van der Waals surface area contributed by atoms with Crippen LogP contribution in [-0.4, -0.2) is 69.8 Å². The average molecular weight is 425 g/mol. The number of nitro benzene ring substituents is 1. The molecule has 0 aliphatic rings. The number of benzene rings is 1. The zero-order valence-corrected chi connectivity index (χ0v) is 17.1. The molecule has 166 valence electrons. The van der Waals surface area contributed by atoms with Crippen LogP contribution in [0.2, 0.25) is 0 Å². The molecule has 1 aromatic rings. The van der Waals surface area contributed by atoms with Crippen molar-refractivity contribution in [1.29, 1.82) is 0 Å². The number of nitrogens with zero attached hydrogens (tertiary/aromatic N) is 2. The van der Waals surface area contributed by atoms with Crippen LogP contribution in [0.4, 0.5) is 10.5 Å². The number of carboxylic acids is 1. The zero-order valence-electron chi connectivity index (χ0n) is 17.1. The number of esters is 1. The molecule has 0 spiro atoms. The summed E-state index contributed by atoms with van der Waals surface area (Å²) in [5, 5.41) is 32.5. The number of non-ortho nitro benzene ring substituents is 1. The lowest BCUT2D eigenvalue weighted by atomic mass is 10.1. The number of amides is 2. The molecule has 0 aromatic heterocycles. The number of hydrogen-bond acceptors (Lipinski definition) is 7. The van der Waals surface area contributed by atoms with Gasteiger partial charge in [0.1, 0.15) is 6.04 Å². The number of aliphatic carboxylic acids is 1. The lowest BCUT2D eigenvalue weighted by Gasteiger charge is -2.28. The maximum Gasteiger partial charge on any atom is 0.336 e. The molecule has 0 aliphatic carbocycles. The number of urea groups is 1. The fourth-order valence-corrected chi connectivity index (χ4v) is 2.63. The summed E-state index contributed by atoms with van der Waals surface area (Å²) in [5.41, 5.74) is 0.348. The second kappa shape index (κ2) is 11.7. The number of hydrogen-bond donors (Lipinski definition) is 3. The minimum absolute atomic E-state index is 0.0110. The quantitative estimate of drug-likeness (QED) is 0.271. The van der Waals surface area contributed by atoms with Crippen LogP contribution in [-0.2, 0) is 20.7 Å². The van der Waals surface area contributed by atoms with Gasteiger partial charge in [-0.3, -0.25) is 10.1 Å². The molecule has 0 aliphatic heterocycles. The molecule has 2 amide bonds. The summed E-state index contributed by atoms with van der Waals surface area (Å²) in [6, 6.07) is 3.25. The van der Waals surface area contributed by atoms with Gasteiger partial charge in [0.15, 0.2) is 6.10 Å². The van der Waals surface area contributed by atoms with Crippen LogP contribution in [0.3, 0.4) is 0 Å². The van der Waals surface area contributed by atoms with Gasteiger partial charge in [-0.05, 0) is 18.4 Å². The molecule has 0 saturated carbocycles. The average Bonchev–Trinajstić information content (AvgIpc) is 2.66. The first kappa shape index (κ1) is 24.8. The SMILES string of the molecule is CCOC(=O)[C@@H](O)CN(CC(C)C)C(=O)N[C@@H](Cc1ccc([N+](=O)[O-])cc1)C(=O)O. The van der Waals surface area contributed by atoms with E-state index in [2.05, 4.69) is 5.32 Å². The minimum Gasteiger partial charge on any atom is -0.480 e. The molecule has 0 bridgehead atoms. The highest BCUT2D eigenvalue weighted by Crippen LogP contribution is 2.14. The van der Waals surface area contributed by atoms with Crippen LogP contribution in [0.25, 0.3) is 0 Å². The van der Waals surface area contributed by atoms with Crippen molar-refractivity contribution >= 4 is 23.7 Å². The van der Waals surface area contributed by atoms with E-state index in [1.165, 1.54) is 24.3 Å². The smallest absolute Gasteiger partial charge is 0.336 e. The van der Waals surface area contributed by atoms with Crippen molar-refractivity contribution in [2.45, 2.75) is 39.3 Å². The normalized spacial score (nSPS) is 12.7. The van der Waals surface area contributed by atoms with E-state index in [-0.39, 0.29) is 37.7 Å². The topological polar surface area (TPSA) is 159 Å². The van der Waals surface area contributed by atoms with Crippen molar-refractivity contribution in [3.05, 3.63) is 39.9 Å². The van der Waals surface area contributed by atoms with E-state index < -0.39 is 35.0 Å². The number of carbonyl (C=O) groups is 3. The molecule has 30 heavy (non-hydrogen) atoms. The Morgan fingerprint density at radius 3 is 2.27 bits per heavy atom. The minimum atomic E-state index is -1.56. The summed E-state index contributed by atoms with van der Waals surface area (Å²) >= 11 is 0. The van der Waals surface area contributed by atoms with E-state index >= 15 is 0 Å². The van der Waals surface area contributed by atoms with Gasteiger partial charge in [0.25, 0.3) is 5.69 Å². The number of carboxylic acid groups (broad SMARTS) is 1. The maximum atomic E-state index is 12.6. The van der Waals surface area contributed by atoms with Crippen molar-refractivity contribution in [3.63, 3.8) is 0 Å². The van der Waals surface area contributed by atoms with Gasteiger partial charge in [-0.2, -0.15) is 0 Å². The van der Waals surface area contributed by atoms with Gasteiger partial charge >= 0.3 is 18.0 Å². The Balaban J connectivity index is 2.88. The van der Waals surface area contributed by atoms with Gasteiger partial charge in [-0.1, -0.05) is 26.0 Å². The first-order valence-electron chi connectivity index (χ1n) is 9.41. The zero-order chi connectivity index (χ0) is 22.8. The van der Waals surface area contributed by atoms with Crippen LogP contribution < -0.4 is 5.32 Å². The molecule has 0 unspecified atom stereocenters. The number of ether oxygens (including phenoxy) is 1. The molecule has 11 nitrogen and oxygen atoms in total. The maximum absolute atomic E-state index is 12.6. The van der Waals surface area contributed by atoms with Gasteiger partial charge in [-0.25, -0.2) is 14.4 Å². The molecule has 0 saturated heterocycles. The van der Waals surface area contributed by atoms with Gasteiger partial charge in [0, 0.05) is 25.1 Å². The summed E-state index contributed by atoms with van der Waals surface area (Å²) < 4.78 is 4.72. The first-order valence-corrected chi connectivity index (χ1v) is 9.41. The number of carbonyl (C=O) groups excluding carboxylic acids is 2. The Labute approximate surface area is 173 Å². The van der Waals surface area contributed by atoms with E-state index in [1.807, 2.05) is 13.8 Å². The predicted molar refractivity (Wildman–Crippen MR) is 106 cm³/mol. The molecule has 1 rings (SSSR count). The van der Waals surface area contributed by atoms with Crippen molar-refractivity contribution in [2.24, 2.45) is 5.92 Å². The summed E-state index contributed by atoms with van der Waals surface area (Å²) in [6.07, 6.45) is -1.66. The number of nitrogens with one attached hydrogen (secondary N) is 1. The van der Waals surface area contributed by atoms with Gasteiger partial charge in [0.05, 0.1) is 18.1 Å². The lowest BCUT2D eigenvalue weighted by molar-refractivity contribution is -0.384. The third-order valence-electron chi connectivity index (χ3n) is 4.01. The van der Waals surface area contributed by atoms with E-state index in [0.717, 1.165) is 4.90 Å². The Morgan fingerprint density at radius 2 is 1.80 bits per heavy atom. The fraction of sp³-hybridized carbons (Fsp3) is 0.526. The molecular formula is C19H27N3O8. The van der Waals surface area contributed by atoms with Crippen molar-refractivity contribution in [1.82, 2.24) is 10.2 Å². The summed E-state index contributed by atoms with van der Waals surface area (Å²) in [4.78, 5) is 47.2. The van der Waals surface area contributed by atoms with E-state index in [1.54, 1.807) is 6.92 Å². The predicted octanol–water partition coefficient (Wildman–Crippen LogP) is 1.18. The summed E-state index contributed by atoms with van der Waals surface area (Å²) in [6.45, 7) is 5.12. The number of aliphatic hydroxyl groups excluding tert-OH is 1. The van der Waals surface area contributed by atoms with Crippen molar-refractivity contribution in [3.8, 4) is 0 Å². The third-order valence-corrected chi connectivity index (χ3v) is 4.01. The molecule has 11 heteroatoms. The van der Waals surface area contributed by atoms with Crippen molar-refractivity contribution < 1.29 is 34.3 Å². The molecule has 0 heterocycles. The van der Waals surface area contributed by atoms with Gasteiger partial charge in [0.2, 0.25) is 0 Å². The summed E-state index contributed by atoms with van der Waals surface area (Å²) in [7, 11) is 0. The van der Waals surface area contributed by atoms with Crippen LogP contribution in [0.5, 0.6) is 0 Å². The van der Waals surface area contributed by atoms with E-state index in [9.17, 15) is 34.7 Å². The standard InChI is InChI=1S/C19H27N3O8/c1-4-30-18(26)16(23)11-21(10-12(2)3)19(27)20-15(17(24)25)9-13-5-7-14(8-6-13)22(28)29/h5-8,12,15-16,23H,4,9-11H2,1-3H3,(H,20,27)(H,24,25)/t15-,16-/m0/s1. The molecule has 2 atom stereocenters. The van der Waals surface area contributed by atoms with Crippen LogP contribution in [0, 0.1) is 16.0 Å². The molecule has 3 N–H and O–H groups in total. The molecule has 0 fully saturated rings. The monoisotopic (exact) mass is 425 g/mol. The summed E-state index contributed by atoms with van der Waals surface area (Å²) in [5.74, 6) is -2.18. The van der Waals surface area contributed by atoms with Crippen LogP contribution >= 0.6 is 0 Å². The largest absolute Gasteiger partial charge is 0.480 e. The molecular weight excluding hydrogens is 398 g/mol. The fourth-order valence-electron chi connectivity index (χ4n) is 2.63. The molecule has 1 aromatic carbocycles. The highest BCUT2D eigenvalue weighted by molar-refractivity contribution is 5.83. The number of nitro groups is 1. The van der Waals surface area contributed by atoms with E-state index in [0.29, 0.717) is 5.56 Å². The number of aliphatic hydroxyl groups is 1. The molecule has 0 radical (unpaired) electrons. The Kier molecular flexibility index (Phi) is 9.69. The van der Waals surface area contributed by atoms with Gasteiger partial charge < -0.3 is 25.2 Å². The van der Waals surface area contributed by atoms with Gasteiger partial charge in [-0.15, -0.1) is 0 Å². The van der Waals surface area contributed by atoms with Crippen LogP contribution in [0.1, 0.15) is 26.3 Å². The Hall–Kier alpha value is -3.21.